The number of carbonyl (C=O) groups is 2. The number of nitrogens with one attached hydrogen (secondary N) is 2. The molecule has 1 atom stereocenters. The molecule has 1 aromatic carbocycles. The topological polar surface area (TPSA) is 61.4 Å². The van der Waals surface area contributed by atoms with E-state index in [4.69, 9.17) is 0 Å². The predicted octanol–water partition coefficient (Wildman–Crippen LogP) is 2.01. The van der Waals surface area contributed by atoms with Gasteiger partial charge in [-0.25, -0.2) is 0 Å². The third kappa shape index (κ3) is 6.10. The van der Waals surface area contributed by atoms with Gasteiger partial charge in [-0.1, -0.05) is 18.6 Å². The van der Waals surface area contributed by atoms with Crippen molar-refractivity contribution in [2.75, 3.05) is 26.2 Å². The van der Waals surface area contributed by atoms with Gasteiger partial charge in [-0.2, -0.15) is 0 Å². The molecule has 0 radical (unpaired) electrons. The number of benzene rings is 1. The number of piperidine rings is 1. The van der Waals surface area contributed by atoms with Crippen molar-refractivity contribution in [1.29, 1.82) is 0 Å². The maximum Gasteiger partial charge on any atom is 0.252 e. The smallest absolute Gasteiger partial charge is 0.252 e. The number of halogens is 1. The van der Waals surface area contributed by atoms with Crippen LogP contribution in [-0.2, 0) is 4.79 Å². The van der Waals surface area contributed by atoms with E-state index in [1.54, 1.807) is 6.07 Å². The lowest BCUT2D eigenvalue weighted by Gasteiger charge is -2.29. The molecule has 126 valence electrons. The lowest BCUT2D eigenvalue weighted by atomic mass is 10.1. The quantitative estimate of drug-likeness (QED) is 0.681. The first-order valence-corrected chi connectivity index (χ1v) is 9.18. The van der Waals surface area contributed by atoms with Crippen LogP contribution < -0.4 is 10.6 Å². The van der Waals surface area contributed by atoms with Crippen molar-refractivity contribution in [2.24, 2.45) is 0 Å². The average molecular weight is 429 g/mol. The number of carbonyl (C=O) groups excluding carboxylic acids is 2. The van der Waals surface area contributed by atoms with E-state index in [1.165, 1.54) is 19.3 Å². The zero-order chi connectivity index (χ0) is 16.7. The number of hydrogen-bond acceptors (Lipinski definition) is 3. The molecule has 0 aromatic heterocycles. The first-order valence-electron chi connectivity index (χ1n) is 8.10. The van der Waals surface area contributed by atoms with Crippen LogP contribution in [-0.4, -0.2) is 48.9 Å². The molecule has 2 amide bonds. The Bertz CT molecular complexity index is 544. The Morgan fingerprint density at radius 1 is 1.22 bits per heavy atom. The molecule has 2 rings (SSSR count). The van der Waals surface area contributed by atoms with Crippen molar-refractivity contribution in [3.8, 4) is 0 Å². The van der Waals surface area contributed by atoms with Crippen molar-refractivity contribution in [3.05, 3.63) is 33.4 Å². The minimum absolute atomic E-state index is 0.00808. The monoisotopic (exact) mass is 429 g/mol. The predicted molar refractivity (Wildman–Crippen MR) is 99.4 cm³/mol. The summed E-state index contributed by atoms with van der Waals surface area (Å²) in [6, 6.07) is 7.42. The van der Waals surface area contributed by atoms with Crippen molar-refractivity contribution in [1.82, 2.24) is 15.5 Å². The molecule has 1 aliphatic heterocycles. The fourth-order valence-electron chi connectivity index (χ4n) is 2.80. The number of hydrogen-bond donors (Lipinski definition) is 2. The van der Waals surface area contributed by atoms with Gasteiger partial charge in [-0.15, -0.1) is 0 Å². The molecule has 0 spiro atoms. The molecule has 2 N–H and O–H groups in total. The number of nitrogens with zero attached hydrogens (tertiary/aromatic N) is 1. The molecule has 1 saturated heterocycles. The number of amides is 2. The largest absolute Gasteiger partial charge is 0.351 e. The minimum atomic E-state index is -0.214. The normalized spacial score (nSPS) is 16.6. The van der Waals surface area contributed by atoms with Gasteiger partial charge in [0, 0.05) is 16.2 Å². The molecule has 6 heteroatoms. The molecule has 1 fully saturated rings. The van der Waals surface area contributed by atoms with Crippen molar-refractivity contribution in [3.63, 3.8) is 0 Å². The summed E-state index contributed by atoms with van der Waals surface area (Å²) in [5, 5.41) is 5.63. The summed E-state index contributed by atoms with van der Waals surface area (Å²) in [4.78, 5) is 26.4. The van der Waals surface area contributed by atoms with E-state index in [9.17, 15) is 9.59 Å². The standard InChI is InChI=1S/C17H24IN3O2/c1-13(12-21-9-5-2-6-10-21)20-16(22)11-19-17(23)14-7-3-4-8-15(14)18/h3-4,7-8,13H,2,5-6,9-12H2,1H3,(H,19,23)(H,20,22). The Morgan fingerprint density at radius 2 is 1.91 bits per heavy atom. The minimum Gasteiger partial charge on any atom is -0.351 e. The second kappa shape index (κ2) is 9.22. The summed E-state index contributed by atoms with van der Waals surface area (Å²) in [7, 11) is 0. The molecular weight excluding hydrogens is 405 g/mol. The zero-order valence-electron chi connectivity index (χ0n) is 13.5. The van der Waals surface area contributed by atoms with Gasteiger partial charge in [-0.05, 0) is 67.6 Å². The van der Waals surface area contributed by atoms with Crippen LogP contribution in [0, 0.1) is 3.57 Å². The first-order chi connectivity index (χ1) is 11.1. The van der Waals surface area contributed by atoms with Crippen LogP contribution in [0.15, 0.2) is 24.3 Å². The number of rotatable bonds is 6. The maximum absolute atomic E-state index is 12.1. The summed E-state index contributed by atoms with van der Waals surface area (Å²) in [6.07, 6.45) is 3.79. The van der Waals surface area contributed by atoms with E-state index in [2.05, 4.69) is 38.1 Å². The summed E-state index contributed by atoms with van der Waals surface area (Å²) in [5.74, 6) is -0.359. The van der Waals surface area contributed by atoms with Crippen LogP contribution in [0.25, 0.3) is 0 Å². The Kier molecular flexibility index (Phi) is 7.29. The molecule has 0 saturated carbocycles. The first kappa shape index (κ1) is 18.2. The Balaban J connectivity index is 1.72. The van der Waals surface area contributed by atoms with Gasteiger partial charge in [-0.3, -0.25) is 9.59 Å². The van der Waals surface area contributed by atoms with Crippen LogP contribution >= 0.6 is 22.6 Å². The van der Waals surface area contributed by atoms with E-state index in [0.29, 0.717) is 5.56 Å². The second-order valence-electron chi connectivity index (χ2n) is 5.99. The lowest BCUT2D eigenvalue weighted by Crippen LogP contribution is -2.46. The average Bonchev–Trinajstić information content (AvgIpc) is 2.54. The second-order valence-corrected chi connectivity index (χ2v) is 7.15. The van der Waals surface area contributed by atoms with Gasteiger partial charge < -0.3 is 15.5 Å². The highest BCUT2D eigenvalue weighted by atomic mass is 127. The third-order valence-electron chi connectivity index (χ3n) is 3.92. The van der Waals surface area contributed by atoms with Crippen LogP contribution in [0.5, 0.6) is 0 Å². The van der Waals surface area contributed by atoms with Gasteiger partial charge in [0.2, 0.25) is 5.91 Å². The van der Waals surface area contributed by atoms with Crippen molar-refractivity contribution < 1.29 is 9.59 Å². The van der Waals surface area contributed by atoms with Gasteiger partial charge >= 0.3 is 0 Å². The van der Waals surface area contributed by atoms with E-state index in [0.717, 1.165) is 23.2 Å². The molecule has 0 bridgehead atoms. The highest BCUT2D eigenvalue weighted by Crippen LogP contribution is 2.11. The zero-order valence-corrected chi connectivity index (χ0v) is 15.6. The fourth-order valence-corrected chi connectivity index (χ4v) is 3.43. The van der Waals surface area contributed by atoms with E-state index >= 15 is 0 Å². The highest BCUT2D eigenvalue weighted by Gasteiger charge is 2.16. The van der Waals surface area contributed by atoms with E-state index in [1.807, 2.05) is 25.1 Å². The summed E-state index contributed by atoms with van der Waals surface area (Å²) >= 11 is 2.12. The van der Waals surface area contributed by atoms with Crippen molar-refractivity contribution >= 4 is 34.4 Å². The Labute approximate surface area is 151 Å². The molecular formula is C17H24IN3O2. The van der Waals surface area contributed by atoms with Crippen LogP contribution in [0.1, 0.15) is 36.5 Å². The molecule has 1 aromatic rings. The van der Waals surface area contributed by atoms with Crippen molar-refractivity contribution in [2.45, 2.75) is 32.2 Å². The lowest BCUT2D eigenvalue weighted by molar-refractivity contribution is -0.120. The summed E-state index contributed by atoms with van der Waals surface area (Å²) < 4.78 is 0.876. The molecule has 1 unspecified atom stereocenters. The van der Waals surface area contributed by atoms with Crippen LogP contribution in [0.3, 0.4) is 0 Å². The summed E-state index contributed by atoms with van der Waals surface area (Å²) in [6.45, 7) is 5.12. The van der Waals surface area contributed by atoms with Gasteiger partial charge in [0.05, 0.1) is 12.1 Å². The molecule has 23 heavy (non-hydrogen) atoms. The Hall–Kier alpha value is -1.15. The maximum atomic E-state index is 12.1. The third-order valence-corrected chi connectivity index (χ3v) is 4.86. The van der Waals surface area contributed by atoms with Crippen LogP contribution in [0.2, 0.25) is 0 Å². The van der Waals surface area contributed by atoms with Gasteiger partial charge in [0.25, 0.3) is 5.91 Å². The van der Waals surface area contributed by atoms with E-state index in [-0.39, 0.29) is 24.4 Å². The molecule has 1 heterocycles. The molecule has 5 nitrogen and oxygen atoms in total. The fraction of sp³-hybridized carbons (Fsp3) is 0.529. The Morgan fingerprint density at radius 3 is 2.61 bits per heavy atom. The summed E-state index contributed by atoms with van der Waals surface area (Å²) in [5.41, 5.74) is 0.599. The number of likely N-dealkylation sites (tertiary alicyclic amines) is 1. The van der Waals surface area contributed by atoms with E-state index < -0.39 is 0 Å². The van der Waals surface area contributed by atoms with Crippen LogP contribution in [0.4, 0.5) is 0 Å². The molecule has 0 aliphatic carbocycles. The van der Waals surface area contributed by atoms with Gasteiger partial charge in [0.1, 0.15) is 0 Å². The van der Waals surface area contributed by atoms with Gasteiger partial charge in [0.15, 0.2) is 0 Å². The SMILES string of the molecule is CC(CN1CCCCC1)NC(=O)CNC(=O)c1ccccc1I. The molecule has 1 aliphatic rings. The highest BCUT2D eigenvalue weighted by molar-refractivity contribution is 14.1.